The number of carbonyl (C=O) groups excluding carboxylic acids is 1. The molecule has 3 rings (SSSR count). The molecule has 0 bridgehead atoms. The summed E-state index contributed by atoms with van der Waals surface area (Å²) in [5.41, 5.74) is 2.16. The standard InChI is InChI=1S/C20H20N4O2/c1-26-17-9-5-6-15(12-17)10-11-21-19-14-22-18(13-23-19)20(25)24-16-7-3-2-4-8-16/h2-9,12-14H,10-11H2,1H3,(H,21,23)(H,24,25). The van der Waals surface area contributed by atoms with Gasteiger partial charge in [-0.05, 0) is 36.2 Å². The van der Waals surface area contributed by atoms with Crippen LogP contribution in [0.2, 0.25) is 0 Å². The predicted molar refractivity (Wildman–Crippen MR) is 102 cm³/mol. The van der Waals surface area contributed by atoms with E-state index in [-0.39, 0.29) is 11.6 Å². The Labute approximate surface area is 152 Å². The molecule has 0 saturated heterocycles. The van der Waals surface area contributed by atoms with Gasteiger partial charge in [-0.25, -0.2) is 9.97 Å². The summed E-state index contributed by atoms with van der Waals surface area (Å²) in [6.07, 6.45) is 3.85. The van der Waals surface area contributed by atoms with E-state index >= 15 is 0 Å². The highest BCUT2D eigenvalue weighted by molar-refractivity contribution is 6.02. The molecule has 0 spiro atoms. The van der Waals surface area contributed by atoms with Gasteiger partial charge < -0.3 is 15.4 Å². The van der Waals surface area contributed by atoms with Crippen molar-refractivity contribution in [1.82, 2.24) is 9.97 Å². The molecular formula is C20H20N4O2. The van der Waals surface area contributed by atoms with Crippen molar-refractivity contribution in [2.45, 2.75) is 6.42 Å². The van der Waals surface area contributed by atoms with E-state index in [0.717, 1.165) is 17.9 Å². The summed E-state index contributed by atoms with van der Waals surface area (Å²) in [4.78, 5) is 20.6. The van der Waals surface area contributed by atoms with Crippen molar-refractivity contribution in [2.75, 3.05) is 24.3 Å². The Kier molecular flexibility index (Phi) is 5.77. The van der Waals surface area contributed by atoms with E-state index < -0.39 is 0 Å². The third-order valence-corrected chi connectivity index (χ3v) is 3.77. The molecule has 3 aromatic rings. The van der Waals surface area contributed by atoms with Crippen molar-refractivity contribution in [2.24, 2.45) is 0 Å². The summed E-state index contributed by atoms with van der Waals surface area (Å²) in [7, 11) is 1.66. The minimum atomic E-state index is -0.286. The molecule has 0 aliphatic heterocycles. The maximum Gasteiger partial charge on any atom is 0.275 e. The molecule has 0 radical (unpaired) electrons. The lowest BCUT2D eigenvalue weighted by Crippen LogP contribution is -2.14. The van der Waals surface area contributed by atoms with Gasteiger partial charge in [-0.3, -0.25) is 4.79 Å². The Hall–Kier alpha value is -3.41. The van der Waals surface area contributed by atoms with E-state index in [1.165, 1.54) is 11.8 Å². The van der Waals surface area contributed by atoms with Gasteiger partial charge >= 0.3 is 0 Å². The van der Waals surface area contributed by atoms with Gasteiger partial charge in [0, 0.05) is 12.2 Å². The fourth-order valence-electron chi connectivity index (χ4n) is 2.42. The van der Waals surface area contributed by atoms with Crippen molar-refractivity contribution in [3.63, 3.8) is 0 Å². The lowest BCUT2D eigenvalue weighted by Gasteiger charge is -2.08. The first kappa shape index (κ1) is 17.4. The van der Waals surface area contributed by atoms with Crippen LogP contribution in [0, 0.1) is 0 Å². The largest absolute Gasteiger partial charge is 0.497 e. The Bertz CT molecular complexity index is 851. The molecule has 1 amide bonds. The van der Waals surface area contributed by atoms with Gasteiger partial charge in [-0.2, -0.15) is 0 Å². The molecule has 0 aliphatic carbocycles. The SMILES string of the molecule is COc1cccc(CCNc2cnc(C(=O)Nc3ccccc3)cn2)c1. The van der Waals surface area contributed by atoms with Gasteiger partial charge in [0.15, 0.2) is 0 Å². The molecule has 0 aliphatic rings. The number of hydrogen-bond acceptors (Lipinski definition) is 5. The molecule has 6 heteroatoms. The maximum absolute atomic E-state index is 12.1. The molecule has 26 heavy (non-hydrogen) atoms. The molecule has 0 unspecified atom stereocenters. The summed E-state index contributed by atoms with van der Waals surface area (Å²) in [5, 5.41) is 5.98. The number of benzene rings is 2. The average molecular weight is 348 g/mol. The number of anilines is 2. The topological polar surface area (TPSA) is 76.1 Å². The zero-order valence-electron chi connectivity index (χ0n) is 14.5. The van der Waals surface area contributed by atoms with Crippen LogP contribution in [0.15, 0.2) is 67.0 Å². The second-order valence-electron chi connectivity index (χ2n) is 5.64. The lowest BCUT2D eigenvalue weighted by molar-refractivity contribution is 0.102. The van der Waals surface area contributed by atoms with Gasteiger partial charge in [0.2, 0.25) is 0 Å². The average Bonchev–Trinajstić information content (AvgIpc) is 2.69. The highest BCUT2D eigenvalue weighted by Crippen LogP contribution is 2.13. The quantitative estimate of drug-likeness (QED) is 0.684. The first-order valence-electron chi connectivity index (χ1n) is 8.30. The van der Waals surface area contributed by atoms with Crippen molar-refractivity contribution < 1.29 is 9.53 Å². The number of amides is 1. The fourth-order valence-corrected chi connectivity index (χ4v) is 2.42. The Morgan fingerprint density at radius 3 is 2.62 bits per heavy atom. The van der Waals surface area contributed by atoms with Gasteiger partial charge in [-0.1, -0.05) is 30.3 Å². The molecule has 2 aromatic carbocycles. The number of aromatic nitrogens is 2. The van der Waals surface area contributed by atoms with Crippen molar-refractivity contribution >= 4 is 17.4 Å². The number of para-hydroxylation sites is 1. The molecule has 1 aromatic heterocycles. The van der Waals surface area contributed by atoms with E-state index in [1.807, 2.05) is 54.6 Å². The number of nitrogens with zero attached hydrogens (tertiary/aromatic N) is 2. The molecule has 2 N–H and O–H groups in total. The predicted octanol–water partition coefficient (Wildman–Crippen LogP) is 3.39. The number of rotatable bonds is 7. The summed E-state index contributed by atoms with van der Waals surface area (Å²) in [6.45, 7) is 0.706. The summed E-state index contributed by atoms with van der Waals surface area (Å²) in [6, 6.07) is 17.2. The van der Waals surface area contributed by atoms with E-state index in [9.17, 15) is 4.79 Å². The Morgan fingerprint density at radius 2 is 1.88 bits per heavy atom. The van der Waals surface area contributed by atoms with Gasteiger partial charge in [-0.15, -0.1) is 0 Å². The Balaban J connectivity index is 1.51. The molecule has 6 nitrogen and oxygen atoms in total. The van der Waals surface area contributed by atoms with Crippen molar-refractivity contribution in [3.8, 4) is 5.75 Å². The first-order valence-corrected chi connectivity index (χ1v) is 8.30. The first-order chi connectivity index (χ1) is 12.7. The van der Waals surface area contributed by atoms with Crippen LogP contribution in [0.5, 0.6) is 5.75 Å². The van der Waals surface area contributed by atoms with Crippen LogP contribution in [0.25, 0.3) is 0 Å². The van der Waals surface area contributed by atoms with Gasteiger partial charge in [0.05, 0.1) is 19.5 Å². The maximum atomic E-state index is 12.1. The second-order valence-corrected chi connectivity index (χ2v) is 5.64. The summed E-state index contributed by atoms with van der Waals surface area (Å²) < 4.78 is 5.22. The van der Waals surface area contributed by atoms with Crippen molar-refractivity contribution in [3.05, 3.63) is 78.2 Å². The minimum absolute atomic E-state index is 0.271. The number of nitrogens with one attached hydrogen (secondary N) is 2. The summed E-state index contributed by atoms with van der Waals surface area (Å²) in [5.74, 6) is 1.19. The van der Waals surface area contributed by atoms with Crippen LogP contribution in [0.3, 0.4) is 0 Å². The van der Waals surface area contributed by atoms with Crippen molar-refractivity contribution in [1.29, 1.82) is 0 Å². The molecule has 0 fully saturated rings. The lowest BCUT2D eigenvalue weighted by atomic mass is 10.1. The number of hydrogen-bond donors (Lipinski definition) is 2. The highest BCUT2D eigenvalue weighted by Gasteiger charge is 2.08. The molecular weight excluding hydrogens is 328 g/mol. The van der Waals surface area contributed by atoms with Crippen LogP contribution >= 0.6 is 0 Å². The fraction of sp³-hybridized carbons (Fsp3) is 0.150. The van der Waals surface area contributed by atoms with E-state index in [1.54, 1.807) is 13.3 Å². The van der Waals surface area contributed by atoms with Gasteiger partial charge in [0.25, 0.3) is 5.91 Å². The van der Waals surface area contributed by atoms with Crippen LogP contribution in [0.1, 0.15) is 16.1 Å². The smallest absolute Gasteiger partial charge is 0.275 e. The Morgan fingerprint density at radius 1 is 1.04 bits per heavy atom. The monoisotopic (exact) mass is 348 g/mol. The molecule has 0 saturated carbocycles. The summed E-state index contributed by atoms with van der Waals surface area (Å²) >= 11 is 0. The van der Waals surface area contributed by atoms with E-state index in [0.29, 0.717) is 12.4 Å². The number of carbonyl (C=O) groups is 1. The highest BCUT2D eigenvalue weighted by atomic mass is 16.5. The van der Waals surface area contributed by atoms with Crippen LogP contribution in [0.4, 0.5) is 11.5 Å². The second kappa shape index (κ2) is 8.62. The molecule has 0 atom stereocenters. The normalized spacial score (nSPS) is 10.2. The van der Waals surface area contributed by atoms with Crippen LogP contribution < -0.4 is 15.4 Å². The van der Waals surface area contributed by atoms with E-state index in [4.69, 9.17) is 4.74 Å². The minimum Gasteiger partial charge on any atom is -0.497 e. The third-order valence-electron chi connectivity index (χ3n) is 3.77. The number of methoxy groups -OCH3 is 1. The third kappa shape index (κ3) is 4.80. The number of ether oxygens (including phenoxy) is 1. The van der Waals surface area contributed by atoms with Gasteiger partial charge in [0.1, 0.15) is 17.3 Å². The zero-order valence-corrected chi connectivity index (χ0v) is 14.5. The zero-order chi connectivity index (χ0) is 18.2. The van der Waals surface area contributed by atoms with E-state index in [2.05, 4.69) is 20.6 Å². The van der Waals surface area contributed by atoms with Crippen LogP contribution in [-0.4, -0.2) is 29.5 Å². The molecule has 132 valence electrons. The molecule has 1 heterocycles. The van der Waals surface area contributed by atoms with Crippen LogP contribution in [-0.2, 0) is 6.42 Å².